The van der Waals surface area contributed by atoms with Crippen LogP contribution in [0.15, 0.2) is 275 Å². The number of rotatable bonds is 39. The highest BCUT2D eigenvalue weighted by molar-refractivity contribution is 7.81. The van der Waals surface area contributed by atoms with Crippen molar-refractivity contribution in [3.63, 3.8) is 0 Å². The number of benzene rings is 1. The summed E-state index contributed by atoms with van der Waals surface area (Å²) in [5.74, 6) is -2.05. The van der Waals surface area contributed by atoms with E-state index >= 15 is 0 Å². The van der Waals surface area contributed by atoms with Gasteiger partial charge < -0.3 is 48.0 Å². The van der Waals surface area contributed by atoms with Crippen molar-refractivity contribution in [3.8, 4) is 0 Å². The zero-order chi connectivity index (χ0) is 103. The van der Waals surface area contributed by atoms with Gasteiger partial charge in [-0.3, -0.25) is 116 Å². The van der Waals surface area contributed by atoms with Crippen LogP contribution in [-0.4, -0.2) is 260 Å². The minimum atomic E-state index is -0.548. The number of hydrogen-bond donors (Lipinski definition) is 14. The van der Waals surface area contributed by atoms with Crippen molar-refractivity contribution in [3.05, 3.63) is 307 Å². The molecule has 0 saturated heterocycles. The number of thiocarbonyl (C=S) groups is 5. The number of hydroxylamine groups is 6. The normalized spacial score (nSPS) is 10.2. The Kier molecular flexibility index (Phi) is 60.7. The molecule has 0 fully saturated rings. The number of carbonyl (C=O) groups excluding carboxylic acids is 5. The van der Waals surface area contributed by atoms with E-state index in [-0.39, 0.29) is 67.7 Å². The van der Waals surface area contributed by atoms with Gasteiger partial charge in [0, 0.05) is 168 Å². The Labute approximate surface area is 843 Å². The van der Waals surface area contributed by atoms with Crippen LogP contribution in [0.2, 0.25) is 0 Å². The second kappa shape index (κ2) is 73.2. The quantitative estimate of drug-likeness (QED) is 0.00429. The molecule has 742 valence electrons. The van der Waals surface area contributed by atoms with Gasteiger partial charge >= 0.3 is 0 Å². The average Bonchev–Trinajstić information content (AvgIpc) is 0.865. The van der Waals surface area contributed by atoms with Crippen LogP contribution in [0.25, 0.3) is 0 Å². The molecule has 0 spiro atoms. The molecule has 10 aromatic rings. The fraction of sp³-hybridized carbons (Fsp3) is 0.290. The van der Waals surface area contributed by atoms with Gasteiger partial charge in [0.15, 0.2) is 25.6 Å². The number of nitrogens with two attached hydrogens (primary N) is 2. The van der Waals surface area contributed by atoms with E-state index in [1.54, 1.807) is 72.6 Å². The van der Waals surface area contributed by atoms with Gasteiger partial charge in [-0.25, -0.2) is 15.2 Å². The summed E-state index contributed by atoms with van der Waals surface area (Å²) in [7, 11) is 8.76. The van der Waals surface area contributed by atoms with Gasteiger partial charge in [0.25, 0.3) is 1.45 Å². The Balaban J connectivity index is 0.000000583. The predicted octanol–water partition coefficient (Wildman–Crippen LogP) is 8.34. The van der Waals surface area contributed by atoms with Crippen LogP contribution < -0.4 is 59.9 Å². The second-order valence-electron chi connectivity index (χ2n) is 28.7. The maximum absolute atomic E-state index is 12.0. The Hall–Kier alpha value is -14.1. The number of halogens is 1. The molecule has 9 aromatic heterocycles. The van der Waals surface area contributed by atoms with E-state index in [2.05, 4.69) is 120 Å². The molecule has 46 heteroatoms. The minimum absolute atomic E-state index is 0. The fourth-order valence-electron chi connectivity index (χ4n) is 10.8. The zero-order valence-electron chi connectivity index (χ0n) is 81.3. The van der Waals surface area contributed by atoms with E-state index in [0.717, 1.165) is 76.9 Å². The third-order valence-electron chi connectivity index (χ3n) is 17.8. The van der Waals surface area contributed by atoms with Crippen LogP contribution in [0, 0.1) is 0 Å². The molecule has 1 aromatic carbocycles. The Bertz CT molecular complexity index is 5110. The van der Waals surface area contributed by atoms with E-state index < -0.39 is 27.5 Å². The highest BCUT2D eigenvalue weighted by Crippen LogP contribution is 2.14. The van der Waals surface area contributed by atoms with Crippen LogP contribution >= 0.6 is 70.9 Å². The predicted molar refractivity (Wildman–Crippen MR) is 564 cm³/mol. The van der Waals surface area contributed by atoms with Gasteiger partial charge in [-0.05, 0) is 235 Å². The number of hydrazone groups is 5. The van der Waals surface area contributed by atoms with Crippen LogP contribution in [0.1, 0.15) is 154 Å². The first-order valence-corrected chi connectivity index (χ1v) is 45.2. The zero-order valence-corrected chi connectivity index (χ0v) is 83.3. The molecule has 39 nitrogen and oxygen atoms in total. The molecule has 0 aliphatic heterocycles. The largest absolute Gasteiger partial charge is 0.412 e. The van der Waals surface area contributed by atoms with Crippen molar-refractivity contribution < 1.29 is 49.8 Å². The Morgan fingerprint density at radius 1 is 0.403 bits per heavy atom. The molecule has 1 unspecified atom stereocenters. The summed E-state index contributed by atoms with van der Waals surface area (Å²) in [5.41, 5.74) is 35.5. The highest BCUT2D eigenvalue weighted by atomic mass is 32.1. The number of pyridine rings is 9. The number of hydrogen-bond acceptors (Lipinski definition) is 28. The van der Waals surface area contributed by atoms with Crippen molar-refractivity contribution in [1.29, 1.82) is 4.01 Å². The maximum Gasteiger partial charge on any atom is 0.269 e. The van der Waals surface area contributed by atoms with Crippen LogP contribution in [0.3, 0.4) is 0 Å². The number of nitrogens with one attached hydrogen (secondary N) is 9. The fourth-order valence-corrected chi connectivity index (χ4v) is 11.2. The van der Waals surface area contributed by atoms with E-state index in [4.69, 9.17) is 79.8 Å². The monoisotopic (exact) mass is 2020 g/mol. The number of aromatic nitrogens is 9. The minimum Gasteiger partial charge on any atom is -0.412 e. The lowest BCUT2D eigenvalue weighted by atomic mass is 10.1. The molecule has 18 N–H and O–H groups in total. The van der Waals surface area contributed by atoms with Crippen LogP contribution in [0.5, 0.6) is 0 Å². The molecule has 0 aliphatic rings. The molecule has 1 atom stereocenters. The molecular weight excluding hydrogens is 1890 g/mol. The summed E-state index contributed by atoms with van der Waals surface area (Å²) in [5, 5.41) is 65.4. The number of carbonyl (C=O) groups is 5. The first-order valence-electron chi connectivity index (χ1n) is 44.6. The molecule has 0 aliphatic carbocycles. The first kappa shape index (κ1) is 115. The third kappa shape index (κ3) is 51.0. The maximum atomic E-state index is 12.0. The van der Waals surface area contributed by atoms with Gasteiger partial charge in [0.05, 0.1) is 53.8 Å². The third-order valence-corrected chi connectivity index (χ3v) is 19.4. The Morgan fingerprint density at radius 3 is 0.950 bits per heavy atom. The van der Waals surface area contributed by atoms with Gasteiger partial charge in [-0.1, -0.05) is 91.3 Å². The lowest BCUT2D eigenvalue weighted by Gasteiger charge is -2.15. The van der Waals surface area contributed by atoms with Gasteiger partial charge in [0.1, 0.15) is 28.6 Å². The second-order valence-corrected chi connectivity index (χ2v) is 30.7. The van der Waals surface area contributed by atoms with Crippen molar-refractivity contribution in [1.82, 2.24) is 118 Å². The highest BCUT2D eigenvalue weighted by Gasteiger charge is 2.19. The summed E-state index contributed by atoms with van der Waals surface area (Å²) in [6, 6.07) is 60.6. The summed E-state index contributed by atoms with van der Waals surface area (Å²) in [4.78, 5) is 101. The van der Waals surface area contributed by atoms with Crippen molar-refractivity contribution in [2.45, 2.75) is 97.3 Å². The number of nitrogens with zero attached hydrogens (tertiary/aromatic N) is 19. The van der Waals surface area contributed by atoms with Crippen LogP contribution in [-0.2, 0) is 24.0 Å². The van der Waals surface area contributed by atoms with Crippen molar-refractivity contribution in [2.24, 2.45) is 37.0 Å². The molecule has 139 heavy (non-hydrogen) atoms. The molecule has 5 amide bonds. The van der Waals surface area contributed by atoms with E-state index in [0.29, 0.717) is 128 Å². The van der Waals surface area contributed by atoms with E-state index in [9.17, 15) is 39.6 Å². The Morgan fingerprint density at radius 2 is 0.676 bits per heavy atom. The lowest BCUT2D eigenvalue weighted by Crippen LogP contribution is -2.32. The standard InChI is InChI=1S/C25H48N6O8.C15H16N4S.2C14H15N5S.C13H13N5S.C12H11N5S.FH.H2O.H3P/c1-21(32)29(37)18-9-3-6-16-27-22(33)12-14-25(36)31(39)20-10-4-7-17-28-23(34)11-13-24(35)30(38)19-8-2-5-15-26;1-19(2)15(20)18-17-14(12-8-4-3-5-9-12)13-10-6-7-11-16-13;1-19(2)14(20)18-17-13(11-7-3-5-9-15-11)12-8-4-6-10-16-12;1-2-15-14(20)19-18-13(11-7-3-5-9-16-11)12-8-4-6-10-17-12;1-14-13(19)18-17-12(10-6-2-4-8-15-10)11-7-3-5-9-16-11;13-12(18)17-16-11(9-5-1-3-7-14-9)10-6-2-4-8-15-10;;;/h37-39H,2-20,26H2,1H3,(H,27,33)(H,28,34);3-11H,1-2H3,(H,18,20);3-10H,1-2H3,(H,18,20);3-10H,2H2,1H3,(H2,15,19,20);2-9H,1H3,(H2,14,18,19);1-8H,(H3,13,17,18);1H;1H2;1H3/b;17-14+;;;;;;;/i;;;;;;;;1TD/hD. The van der Waals surface area contributed by atoms with Crippen molar-refractivity contribution in [2.75, 3.05) is 81.1 Å². The molecule has 9 heterocycles. The molecule has 0 saturated carbocycles. The molecule has 0 radical (unpaired) electrons. The molecular formula is C93H124FN30O9PS5. The summed E-state index contributed by atoms with van der Waals surface area (Å²) >= 11 is 25.2. The summed E-state index contributed by atoms with van der Waals surface area (Å²) in [6.07, 6.45) is 21.3. The van der Waals surface area contributed by atoms with E-state index in [1.807, 2.05) is 229 Å². The lowest BCUT2D eigenvalue weighted by molar-refractivity contribution is -0.166. The van der Waals surface area contributed by atoms with E-state index in [1.165, 1.54) is 6.92 Å². The summed E-state index contributed by atoms with van der Waals surface area (Å²) < 4.78 is 24.8. The first-order chi connectivity index (χ1) is 68.2. The topological polar surface area (TPSA) is 532 Å². The van der Waals surface area contributed by atoms with Gasteiger partial charge in [0.2, 0.25) is 29.5 Å². The van der Waals surface area contributed by atoms with Crippen LogP contribution in [0.4, 0.5) is 4.72 Å². The number of unbranched alkanes of at least 4 members (excludes halogenated alkanes) is 6. The average molecular weight is 2020 g/mol. The van der Waals surface area contributed by atoms with Gasteiger partial charge in [-0.15, -0.1) is 0 Å². The molecule has 10 rings (SSSR count). The summed E-state index contributed by atoms with van der Waals surface area (Å²) in [6.45, 7) is 5.93. The molecule has 0 bridgehead atoms. The SMILES string of the molecule is CC(=O)N(O)CCCCCNC(=O)CCC(=O)N(O)CCCCCNC(=O)CCC(=O)N(O)CCCCCN.CCNC(=S)NN=C(c1ccccn1)c1ccccn1.CN(C)C(=S)N/N=C(\c1ccccc1)c1ccccn1.CN(C)C(=S)NN=C(c1ccccn1)c1ccccn1.CNC(=S)NN=C(c1ccccn1)c1ccccn1.NC(=S)NN=C(c1ccccn1)c1ccccn1.O.[2H]F.[2H]P[3H]. The smallest absolute Gasteiger partial charge is 0.269 e. The number of amides is 5. The van der Waals surface area contributed by atoms with Gasteiger partial charge in [-0.2, -0.15) is 35.3 Å². The van der Waals surface area contributed by atoms with Crippen molar-refractivity contribution >= 4 is 155 Å².